The Morgan fingerprint density at radius 3 is 1.28 bits per heavy atom. The van der Waals surface area contributed by atoms with Crippen LogP contribution in [0, 0.1) is 27.7 Å². The molecule has 10 aromatic rings. The van der Waals surface area contributed by atoms with Crippen molar-refractivity contribution in [3.05, 3.63) is 272 Å². The molecular formula is C71H62N4O8. The van der Waals surface area contributed by atoms with Gasteiger partial charge in [0, 0.05) is 40.5 Å². The first-order chi connectivity index (χ1) is 40.4. The second-order valence-electron chi connectivity index (χ2n) is 21.7. The van der Waals surface area contributed by atoms with Gasteiger partial charge in [-0.1, -0.05) is 158 Å². The van der Waals surface area contributed by atoms with Crippen LogP contribution < -0.4 is 28.4 Å². The van der Waals surface area contributed by atoms with Crippen LogP contribution in [-0.2, 0) is 27.1 Å². The Labute approximate surface area is 483 Å². The van der Waals surface area contributed by atoms with Gasteiger partial charge in [0.15, 0.2) is 34.1 Å². The quantitative estimate of drug-likeness (QED) is 0.132. The predicted octanol–water partition coefficient (Wildman–Crippen LogP) is 13.5. The summed E-state index contributed by atoms with van der Waals surface area (Å²) in [6.07, 6.45) is 0. The highest BCUT2D eigenvalue weighted by molar-refractivity contribution is 5.72. The van der Waals surface area contributed by atoms with E-state index in [1.54, 1.807) is 35.5 Å². The van der Waals surface area contributed by atoms with Gasteiger partial charge < -0.3 is 38.3 Å². The third-order valence-corrected chi connectivity index (χ3v) is 17.2. The number of fused-ring (bicyclic) bond motifs is 10. The van der Waals surface area contributed by atoms with Gasteiger partial charge in [-0.3, -0.25) is 0 Å². The van der Waals surface area contributed by atoms with Gasteiger partial charge in [-0.05, 0) is 97.5 Å². The van der Waals surface area contributed by atoms with E-state index >= 15 is 0 Å². The molecule has 12 nitrogen and oxygen atoms in total. The van der Waals surface area contributed by atoms with E-state index in [4.69, 9.17) is 53.1 Å². The van der Waals surface area contributed by atoms with Gasteiger partial charge in [-0.15, -0.1) is 0 Å². The van der Waals surface area contributed by atoms with E-state index < -0.39 is 28.3 Å². The Morgan fingerprint density at radius 1 is 0.422 bits per heavy atom. The summed E-state index contributed by atoms with van der Waals surface area (Å²) >= 11 is 0. The summed E-state index contributed by atoms with van der Waals surface area (Å²) in [6.45, 7) is 8.26. The van der Waals surface area contributed by atoms with Crippen molar-refractivity contribution in [2.24, 2.45) is 0 Å². The zero-order chi connectivity index (χ0) is 57.4. The average Bonchev–Trinajstić information content (AvgIpc) is 1.51. The van der Waals surface area contributed by atoms with E-state index in [1.165, 1.54) is 0 Å². The van der Waals surface area contributed by atoms with Crippen LogP contribution in [0.1, 0.15) is 90.0 Å². The van der Waals surface area contributed by atoms with Crippen LogP contribution in [0.5, 0.6) is 34.8 Å². The van der Waals surface area contributed by atoms with Crippen molar-refractivity contribution in [3.8, 4) is 57.5 Å². The largest absolute Gasteiger partial charge is 0.497 e. The monoisotopic (exact) mass is 1100 g/mol. The number of methoxy groups -OCH3 is 5. The molecule has 4 aliphatic rings. The Kier molecular flexibility index (Phi) is 12.9. The molecule has 414 valence electrons. The third-order valence-electron chi connectivity index (χ3n) is 17.2. The third kappa shape index (κ3) is 7.65. The fraction of sp³-hybridized carbons (Fsp3) is 0.211. The molecule has 4 heterocycles. The summed E-state index contributed by atoms with van der Waals surface area (Å²) < 4.78 is 44.5. The maximum atomic E-state index is 13.5. The summed E-state index contributed by atoms with van der Waals surface area (Å²) in [4.78, 5) is 20.4. The maximum absolute atomic E-state index is 13.5. The van der Waals surface area contributed by atoms with E-state index in [2.05, 4.69) is 68.4 Å². The van der Waals surface area contributed by atoms with Gasteiger partial charge in [-0.25, -0.2) is 9.97 Å². The lowest BCUT2D eigenvalue weighted by atomic mass is 9.69. The summed E-state index contributed by atoms with van der Waals surface area (Å²) in [6, 6.07) is 64.4. The van der Waals surface area contributed by atoms with Crippen LogP contribution in [0.25, 0.3) is 22.8 Å². The molecule has 0 spiro atoms. The van der Waals surface area contributed by atoms with Crippen molar-refractivity contribution >= 4 is 0 Å². The minimum Gasteiger partial charge on any atom is -0.497 e. The molecule has 0 fully saturated rings. The molecule has 14 rings (SSSR count). The summed E-state index contributed by atoms with van der Waals surface area (Å²) in [7, 11) is 8.34. The van der Waals surface area contributed by atoms with Gasteiger partial charge in [0.1, 0.15) is 23.0 Å². The first kappa shape index (κ1) is 53.0. The first-order valence-electron chi connectivity index (χ1n) is 27.7. The van der Waals surface area contributed by atoms with Gasteiger partial charge in [-0.2, -0.15) is 9.97 Å². The molecule has 0 saturated heterocycles. The van der Waals surface area contributed by atoms with Crippen molar-refractivity contribution < 1.29 is 38.3 Å². The molecule has 0 unspecified atom stereocenters. The van der Waals surface area contributed by atoms with Crippen LogP contribution in [0.3, 0.4) is 0 Å². The highest BCUT2D eigenvalue weighted by Gasteiger charge is 2.75. The molecule has 2 aliphatic carbocycles. The fourth-order valence-electron chi connectivity index (χ4n) is 14.0. The second kappa shape index (κ2) is 20.3. The predicted molar refractivity (Wildman–Crippen MR) is 318 cm³/mol. The van der Waals surface area contributed by atoms with E-state index in [9.17, 15) is 5.11 Å². The van der Waals surface area contributed by atoms with E-state index in [1.807, 2.05) is 153 Å². The molecule has 6 atom stereocenters. The minimum absolute atomic E-state index is 0.367. The molecular weight excluding hydrogens is 1040 g/mol. The van der Waals surface area contributed by atoms with E-state index in [0.29, 0.717) is 51.7 Å². The molecule has 2 aliphatic heterocycles. The number of aromatic nitrogens is 4. The molecule has 0 saturated carbocycles. The smallest absolute Gasteiger partial charge is 0.221 e. The maximum Gasteiger partial charge on any atom is 0.221 e. The number of ether oxygens (including phenoxy) is 7. The molecule has 12 heteroatoms. The molecule has 8 aromatic carbocycles. The number of benzene rings is 8. The van der Waals surface area contributed by atoms with Gasteiger partial charge in [0.05, 0.1) is 62.8 Å². The zero-order valence-corrected chi connectivity index (χ0v) is 47.7. The van der Waals surface area contributed by atoms with Crippen molar-refractivity contribution in [2.45, 2.75) is 61.9 Å². The van der Waals surface area contributed by atoms with Crippen molar-refractivity contribution in [1.29, 1.82) is 0 Å². The number of aliphatic hydroxyl groups is 1. The summed E-state index contributed by atoms with van der Waals surface area (Å²) in [5, 5.41) is 13.5. The Hall–Kier alpha value is -9.36. The number of rotatable bonds is 11. The van der Waals surface area contributed by atoms with Crippen LogP contribution in [0.4, 0.5) is 0 Å². The Bertz CT molecular complexity index is 4100. The van der Waals surface area contributed by atoms with Crippen LogP contribution >= 0.6 is 0 Å². The zero-order valence-electron chi connectivity index (χ0n) is 47.7. The van der Waals surface area contributed by atoms with Crippen LogP contribution in [-0.4, -0.2) is 60.6 Å². The average molecular weight is 1100 g/mol. The lowest BCUT2D eigenvalue weighted by molar-refractivity contribution is -0.114. The molecule has 0 radical (unpaired) electrons. The van der Waals surface area contributed by atoms with E-state index in [0.717, 1.165) is 84.0 Å². The molecule has 83 heavy (non-hydrogen) atoms. The van der Waals surface area contributed by atoms with Gasteiger partial charge in [0.2, 0.25) is 11.8 Å². The van der Waals surface area contributed by atoms with Crippen molar-refractivity contribution in [3.63, 3.8) is 0 Å². The number of hydrogen-bond acceptors (Lipinski definition) is 12. The lowest BCUT2D eigenvalue weighted by Gasteiger charge is -2.42. The summed E-state index contributed by atoms with van der Waals surface area (Å²) in [5.41, 5.74) is 8.92. The van der Waals surface area contributed by atoms with E-state index in [-0.39, 0.29) is 5.92 Å². The molecule has 2 aromatic heterocycles. The first-order valence-corrected chi connectivity index (χ1v) is 27.7. The Morgan fingerprint density at radius 2 is 0.819 bits per heavy atom. The van der Waals surface area contributed by atoms with Crippen molar-refractivity contribution in [2.75, 3.05) is 35.5 Å². The normalized spacial score (nSPS) is 21.8. The standard InChI is InChI=1S/C36H32N2O4.C35H30N2O4/c1-22-20-23(2)30-28(21-22)42-35(26-16-18-27(39-3)19-17-26)31(24-12-8-6-9-13-24)29-32(36(30,35)41-5)37-33(38-34(29)40-4)25-14-10-7-11-15-25;1-21-19-22(2)29-27(20-21)41-35(25-15-17-26(39-3)18-16-25)30(23-11-7-5-8-12-23)28-31(34(29,35)38)36-32(37-33(28)40-4)24-13-9-6-10-14-24/h6-21,31H,1-5H3;5-20,30,38H,1-4H3/t31-,35+,36+;30-,34+,35+/m11/s1. The van der Waals surface area contributed by atoms with Crippen molar-refractivity contribution in [1.82, 2.24) is 19.9 Å². The SMILES string of the molecule is COc1ccc([C@@]23Oc4cc(C)cc(C)c4[C@]2(O)c2nc(-c4ccccc4)nc(OC)c2[C@H]3c2ccccc2)cc1.COc1ccc([C@@]23Oc4cc(C)cc(C)c4[C@]2(OC)c2nc(-c4ccccc4)nc(OC)c2[C@H]3c2ccccc2)cc1. The highest BCUT2D eigenvalue weighted by atomic mass is 16.6. The summed E-state index contributed by atoms with van der Waals surface area (Å²) in [5.74, 6) is 4.00. The second-order valence-corrected chi connectivity index (χ2v) is 21.7. The number of hydrogen-bond donors (Lipinski definition) is 1. The fourth-order valence-corrected chi connectivity index (χ4v) is 14.0. The van der Waals surface area contributed by atoms with Crippen LogP contribution in [0.2, 0.25) is 0 Å². The van der Waals surface area contributed by atoms with Gasteiger partial charge >= 0.3 is 0 Å². The molecule has 1 N–H and O–H groups in total. The van der Waals surface area contributed by atoms with Crippen LogP contribution in [0.15, 0.2) is 194 Å². The molecule has 0 bridgehead atoms. The molecule has 0 amide bonds. The number of nitrogens with zero attached hydrogens (tertiary/aromatic N) is 4. The highest BCUT2D eigenvalue weighted by Crippen LogP contribution is 2.72. The minimum atomic E-state index is -1.66. The van der Waals surface area contributed by atoms with Gasteiger partial charge in [0.25, 0.3) is 0 Å². The number of aryl methyl sites for hydroxylation is 4. The topological polar surface area (TPSA) is 136 Å². The Balaban J connectivity index is 0.000000155. The lowest BCUT2D eigenvalue weighted by Crippen LogP contribution is -2.51.